The largest absolute Gasteiger partial charge is 0.391 e. The highest BCUT2D eigenvalue weighted by Gasteiger charge is 2.03. The lowest BCUT2D eigenvalue weighted by Crippen LogP contribution is -2.11. The van der Waals surface area contributed by atoms with Crippen molar-refractivity contribution in [2.45, 2.75) is 6.61 Å². The molecule has 2 rings (SSSR count). The third-order valence-electron chi connectivity index (χ3n) is 2.03. The lowest BCUT2D eigenvalue weighted by atomic mass is 10.1. The van der Waals surface area contributed by atoms with Gasteiger partial charge in [0.1, 0.15) is 6.33 Å². The van der Waals surface area contributed by atoms with Gasteiger partial charge < -0.3 is 10.1 Å². The standard InChI is InChI=1S/C10H9N3O2/c14-5-8-3-7(4-12-10(8)15)9-1-2-11-6-13-9/h1-4,6,14H,5H2,(H,12,15). The number of rotatable bonds is 2. The highest BCUT2D eigenvalue weighted by molar-refractivity contribution is 5.57. The molecule has 0 saturated heterocycles. The zero-order valence-electron chi connectivity index (χ0n) is 7.84. The van der Waals surface area contributed by atoms with Gasteiger partial charge in [0.2, 0.25) is 0 Å². The molecule has 0 unspecified atom stereocenters. The van der Waals surface area contributed by atoms with Gasteiger partial charge in [-0.2, -0.15) is 0 Å². The normalized spacial score (nSPS) is 10.2. The Kier molecular flexibility index (Phi) is 2.55. The van der Waals surface area contributed by atoms with Gasteiger partial charge in [0.05, 0.1) is 12.3 Å². The Bertz CT molecular complexity index is 508. The molecule has 5 nitrogen and oxygen atoms in total. The summed E-state index contributed by atoms with van der Waals surface area (Å²) in [5.41, 5.74) is 1.50. The minimum atomic E-state index is -0.283. The van der Waals surface area contributed by atoms with Crippen LogP contribution < -0.4 is 5.56 Å². The summed E-state index contributed by atoms with van der Waals surface area (Å²) >= 11 is 0. The monoisotopic (exact) mass is 203 g/mol. The van der Waals surface area contributed by atoms with Crippen LogP contribution in [0.15, 0.2) is 35.6 Å². The first-order chi connectivity index (χ1) is 7.31. The summed E-state index contributed by atoms with van der Waals surface area (Å²) in [6.07, 6.45) is 4.61. The van der Waals surface area contributed by atoms with Crippen LogP contribution >= 0.6 is 0 Å². The molecule has 2 aromatic heterocycles. The lowest BCUT2D eigenvalue weighted by molar-refractivity contribution is 0.280. The first-order valence-electron chi connectivity index (χ1n) is 4.40. The summed E-state index contributed by atoms with van der Waals surface area (Å²) < 4.78 is 0. The van der Waals surface area contributed by atoms with E-state index in [9.17, 15) is 4.79 Å². The van der Waals surface area contributed by atoms with Crippen LogP contribution in [0.4, 0.5) is 0 Å². The third-order valence-corrected chi connectivity index (χ3v) is 2.03. The summed E-state index contributed by atoms with van der Waals surface area (Å²) in [7, 11) is 0. The van der Waals surface area contributed by atoms with E-state index in [-0.39, 0.29) is 12.2 Å². The Morgan fingerprint density at radius 2 is 2.33 bits per heavy atom. The minimum Gasteiger partial charge on any atom is -0.391 e. The molecule has 0 fully saturated rings. The first kappa shape index (κ1) is 9.54. The Morgan fingerprint density at radius 1 is 1.47 bits per heavy atom. The van der Waals surface area contributed by atoms with Crippen molar-refractivity contribution in [3.8, 4) is 11.3 Å². The minimum absolute atomic E-state index is 0.282. The zero-order chi connectivity index (χ0) is 10.7. The van der Waals surface area contributed by atoms with Crippen molar-refractivity contribution in [2.75, 3.05) is 0 Å². The molecule has 2 aromatic rings. The second kappa shape index (κ2) is 4.02. The molecular weight excluding hydrogens is 194 g/mol. The molecule has 0 aromatic carbocycles. The molecule has 2 heterocycles. The Hall–Kier alpha value is -2.01. The maximum absolute atomic E-state index is 11.2. The predicted molar refractivity (Wildman–Crippen MR) is 54.0 cm³/mol. The SMILES string of the molecule is O=c1[nH]cc(-c2ccncn2)cc1CO. The van der Waals surface area contributed by atoms with E-state index in [1.807, 2.05) is 0 Å². The Balaban J connectivity index is 2.51. The fourth-order valence-electron chi connectivity index (χ4n) is 1.26. The van der Waals surface area contributed by atoms with Crippen molar-refractivity contribution >= 4 is 0 Å². The molecule has 2 N–H and O–H groups in total. The zero-order valence-corrected chi connectivity index (χ0v) is 7.84. The summed E-state index contributed by atoms with van der Waals surface area (Å²) in [4.78, 5) is 21.6. The van der Waals surface area contributed by atoms with Crippen LogP contribution in [0.2, 0.25) is 0 Å². The van der Waals surface area contributed by atoms with Gasteiger partial charge in [0.15, 0.2) is 0 Å². The molecule has 0 atom stereocenters. The summed E-state index contributed by atoms with van der Waals surface area (Å²) in [6, 6.07) is 3.34. The van der Waals surface area contributed by atoms with E-state index in [4.69, 9.17) is 5.11 Å². The van der Waals surface area contributed by atoms with Crippen LogP contribution in [-0.2, 0) is 6.61 Å². The van der Waals surface area contributed by atoms with E-state index < -0.39 is 0 Å². The molecule has 0 aliphatic carbocycles. The quantitative estimate of drug-likeness (QED) is 0.736. The van der Waals surface area contributed by atoms with Crippen molar-refractivity contribution in [3.05, 3.63) is 46.8 Å². The number of nitrogens with zero attached hydrogens (tertiary/aromatic N) is 2. The lowest BCUT2D eigenvalue weighted by Gasteiger charge is -2.01. The van der Waals surface area contributed by atoms with Gasteiger partial charge in [-0.25, -0.2) is 9.97 Å². The van der Waals surface area contributed by atoms with Crippen molar-refractivity contribution < 1.29 is 5.11 Å². The molecule has 0 radical (unpaired) electrons. The van der Waals surface area contributed by atoms with Crippen molar-refractivity contribution in [1.82, 2.24) is 15.0 Å². The highest BCUT2D eigenvalue weighted by Crippen LogP contribution is 2.13. The summed E-state index contributed by atoms with van der Waals surface area (Å²) in [6.45, 7) is -0.283. The van der Waals surface area contributed by atoms with E-state index in [2.05, 4.69) is 15.0 Å². The third kappa shape index (κ3) is 1.92. The molecule has 15 heavy (non-hydrogen) atoms. The average Bonchev–Trinajstić information content (AvgIpc) is 2.31. The number of hydrogen-bond donors (Lipinski definition) is 2. The molecule has 0 aliphatic rings. The van der Waals surface area contributed by atoms with Crippen molar-refractivity contribution in [3.63, 3.8) is 0 Å². The number of hydrogen-bond acceptors (Lipinski definition) is 4. The Labute approximate surface area is 85.5 Å². The maximum Gasteiger partial charge on any atom is 0.253 e. The predicted octanol–water partition coefficient (Wildman–Crippen LogP) is 0.324. The van der Waals surface area contributed by atoms with Crippen LogP contribution in [0.5, 0.6) is 0 Å². The number of nitrogens with one attached hydrogen (secondary N) is 1. The number of aliphatic hydroxyl groups excluding tert-OH is 1. The molecule has 76 valence electrons. The van der Waals surface area contributed by atoms with Crippen molar-refractivity contribution in [2.24, 2.45) is 0 Å². The number of pyridine rings is 1. The number of aliphatic hydroxyl groups is 1. The molecule has 0 aliphatic heterocycles. The molecule has 0 bridgehead atoms. The first-order valence-corrected chi connectivity index (χ1v) is 4.40. The number of H-pyrrole nitrogens is 1. The average molecular weight is 203 g/mol. The second-order valence-corrected chi connectivity index (χ2v) is 3.00. The smallest absolute Gasteiger partial charge is 0.253 e. The van der Waals surface area contributed by atoms with Crippen LogP contribution in [-0.4, -0.2) is 20.1 Å². The number of aromatic amines is 1. The van der Waals surface area contributed by atoms with Gasteiger partial charge in [-0.1, -0.05) is 0 Å². The van der Waals surface area contributed by atoms with Gasteiger partial charge in [-0.05, 0) is 12.1 Å². The van der Waals surface area contributed by atoms with Gasteiger partial charge in [-0.3, -0.25) is 4.79 Å². The topological polar surface area (TPSA) is 78.9 Å². The highest BCUT2D eigenvalue weighted by atomic mass is 16.3. The van der Waals surface area contributed by atoms with Gasteiger partial charge in [-0.15, -0.1) is 0 Å². The van der Waals surface area contributed by atoms with Crippen molar-refractivity contribution in [1.29, 1.82) is 0 Å². The van der Waals surface area contributed by atoms with Gasteiger partial charge >= 0.3 is 0 Å². The van der Waals surface area contributed by atoms with E-state index >= 15 is 0 Å². The summed E-state index contributed by atoms with van der Waals surface area (Å²) in [5, 5.41) is 8.94. The molecular formula is C10H9N3O2. The fraction of sp³-hybridized carbons (Fsp3) is 0.100. The maximum atomic E-state index is 11.2. The van der Waals surface area contributed by atoms with Gasteiger partial charge in [0.25, 0.3) is 5.56 Å². The summed E-state index contributed by atoms with van der Waals surface area (Å²) in [5.74, 6) is 0. The number of aromatic nitrogens is 3. The van der Waals surface area contributed by atoms with Crippen LogP contribution in [0.25, 0.3) is 11.3 Å². The fourth-order valence-corrected chi connectivity index (χ4v) is 1.26. The molecule has 0 spiro atoms. The van der Waals surface area contributed by atoms with Crippen LogP contribution in [0, 0.1) is 0 Å². The van der Waals surface area contributed by atoms with Crippen LogP contribution in [0.3, 0.4) is 0 Å². The second-order valence-electron chi connectivity index (χ2n) is 3.00. The molecule has 5 heteroatoms. The van der Waals surface area contributed by atoms with Gasteiger partial charge in [0, 0.05) is 23.5 Å². The van der Waals surface area contributed by atoms with E-state index in [0.717, 1.165) is 5.56 Å². The van der Waals surface area contributed by atoms with Crippen LogP contribution in [0.1, 0.15) is 5.56 Å². The molecule has 0 amide bonds. The Morgan fingerprint density at radius 3 is 3.00 bits per heavy atom. The van der Waals surface area contributed by atoms with E-state index in [1.54, 1.807) is 24.5 Å². The van der Waals surface area contributed by atoms with E-state index in [0.29, 0.717) is 11.3 Å². The van der Waals surface area contributed by atoms with E-state index in [1.165, 1.54) is 6.33 Å². The molecule has 0 saturated carbocycles.